The van der Waals surface area contributed by atoms with Gasteiger partial charge in [0, 0.05) is 58.1 Å². The minimum atomic E-state index is 0.259. The lowest BCUT2D eigenvalue weighted by Gasteiger charge is -2.31. The van der Waals surface area contributed by atoms with Gasteiger partial charge in [0.05, 0.1) is 0 Å². The van der Waals surface area contributed by atoms with Gasteiger partial charge in [-0.25, -0.2) is 4.98 Å². The highest BCUT2D eigenvalue weighted by Crippen LogP contribution is 2.18. The molecule has 1 amide bonds. The number of carbonyl (C=O) groups is 1. The van der Waals surface area contributed by atoms with Gasteiger partial charge >= 0.3 is 0 Å². The third kappa shape index (κ3) is 4.30. The lowest BCUT2D eigenvalue weighted by molar-refractivity contribution is -0.133. The fourth-order valence-corrected chi connectivity index (χ4v) is 2.97. The molecule has 0 aliphatic carbocycles. The summed E-state index contributed by atoms with van der Waals surface area (Å²) in [6, 6.07) is 0. The maximum absolute atomic E-state index is 12.3. The zero-order chi connectivity index (χ0) is 15.2. The summed E-state index contributed by atoms with van der Waals surface area (Å²) in [5.74, 6) is 2.32. The van der Waals surface area contributed by atoms with E-state index in [-0.39, 0.29) is 5.91 Å². The van der Waals surface area contributed by atoms with E-state index < -0.39 is 0 Å². The average Bonchev–Trinajstić information content (AvgIpc) is 2.94. The molecule has 0 radical (unpaired) electrons. The molecule has 1 aliphatic heterocycles. The second-order valence-electron chi connectivity index (χ2n) is 6.16. The van der Waals surface area contributed by atoms with Crippen LogP contribution in [0, 0.1) is 5.92 Å². The molecule has 1 saturated heterocycles. The Hall–Kier alpha value is -1.36. The first-order chi connectivity index (χ1) is 10.1. The van der Waals surface area contributed by atoms with Crippen molar-refractivity contribution in [2.45, 2.75) is 45.6 Å². The quantitative estimate of drug-likeness (QED) is 0.808. The number of methoxy groups -OCH3 is 1. The summed E-state index contributed by atoms with van der Waals surface area (Å²) in [6.07, 6.45) is 6.46. The Morgan fingerprint density at radius 1 is 1.43 bits per heavy atom. The van der Waals surface area contributed by atoms with E-state index in [0.29, 0.717) is 18.3 Å². The summed E-state index contributed by atoms with van der Waals surface area (Å²) in [5, 5.41) is 0. The lowest BCUT2D eigenvalue weighted by atomic mass is 9.97. The van der Waals surface area contributed by atoms with Crippen LogP contribution in [0.25, 0.3) is 0 Å². The standard InChI is InChI=1S/C16H27N3O2/c1-13(2)16-17-7-11-19(16)10-6-15(20)18-8-4-14(5-9-18)12-21-3/h7,11,13-14H,4-6,8-10,12H2,1-3H3. The molecule has 0 N–H and O–H groups in total. The minimum Gasteiger partial charge on any atom is -0.384 e. The molecule has 1 fully saturated rings. The number of piperidine rings is 1. The fraction of sp³-hybridized carbons (Fsp3) is 0.750. The van der Waals surface area contributed by atoms with Crippen molar-refractivity contribution < 1.29 is 9.53 Å². The predicted molar refractivity (Wildman–Crippen MR) is 82.1 cm³/mol. The Morgan fingerprint density at radius 2 is 2.14 bits per heavy atom. The summed E-state index contributed by atoms with van der Waals surface area (Å²) < 4.78 is 7.29. The number of aromatic nitrogens is 2. The van der Waals surface area contributed by atoms with Crippen molar-refractivity contribution in [2.75, 3.05) is 26.8 Å². The van der Waals surface area contributed by atoms with E-state index in [1.807, 2.05) is 17.3 Å². The van der Waals surface area contributed by atoms with Crippen molar-refractivity contribution >= 4 is 5.91 Å². The van der Waals surface area contributed by atoms with E-state index in [9.17, 15) is 4.79 Å². The van der Waals surface area contributed by atoms with Crippen LogP contribution in [-0.2, 0) is 16.1 Å². The zero-order valence-electron chi connectivity index (χ0n) is 13.4. The van der Waals surface area contributed by atoms with Crippen LogP contribution >= 0.6 is 0 Å². The number of hydrogen-bond acceptors (Lipinski definition) is 3. The molecule has 21 heavy (non-hydrogen) atoms. The van der Waals surface area contributed by atoms with Crippen LogP contribution in [-0.4, -0.2) is 47.2 Å². The summed E-state index contributed by atoms with van der Waals surface area (Å²) in [7, 11) is 1.74. The molecule has 0 saturated carbocycles. The number of carbonyl (C=O) groups excluding carboxylic acids is 1. The van der Waals surface area contributed by atoms with Crippen molar-refractivity contribution in [2.24, 2.45) is 5.92 Å². The third-order valence-electron chi connectivity index (χ3n) is 4.20. The minimum absolute atomic E-state index is 0.259. The number of rotatable bonds is 6. The van der Waals surface area contributed by atoms with E-state index in [1.165, 1.54) is 0 Å². The van der Waals surface area contributed by atoms with Crippen molar-refractivity contribution in [3.8, 4) is 0 Å². The molecule has 5 nitrogen and oxygen atoms in total. The molecule has 2 rings (SSSR count). The van der Waals surface area contributed by atoms with Gasteiger partial charge in [-0.3, -0.25) is 4.79 Å². The summed E-state index contributed by atoms with van der Waals surface area (Å²) in [5.41, 5.74) is 0. The Bertz CT molecular complexity index is 448. The van der Waals surface area contributed by atoms with Gasteiger partial charge in [-0.05, 0) is 18.8 Å². The molecule has 1 aliphatic rings. The second kappa shape index (κ2) is 7.59. The SMILES string of the molecule is COCC1CCN(C(=O)CCn2ccnc2C(C)C)CC1. The Morgan fingerprint density at radius 3 is 2.76 bits per heavy atom. The van der Waals surface area contributed by atoms with Crippen molar-refractivity contribution in [3.05, 3.63) is 18.2 Å². The molecule has 0 atom stereocenters. The highest BCUT2D eigenvalue weighted by molar-refractivity contribution is 5.76. The molecule has 5 heteroatoms. The van der Waals surface area contributed by atoms with Crippen LogP contribution in [0.3, 0.4) is 0 Å². The number of imidazole rings is 1. The first-order valence-corrected chi connectivity index (χ1v) is 7.89. The molecule has 118 valence electrons. The molecule has 0 aromatic carbocycles. The number of aryl methyl sites for hydroxylation is 1. The molecule has 0 spiro atoms. The Balaban J connectivity index is 1.79. The molecular formula is C16H27N3O2. The van der Waals surface area contributed by atoms with Crippen molar-refractivity contribution in [1.29, 1.82) is 0 Å². The van der Waals surface area contributed by atoms with Crippen LogP contribution < -0.4 is 0 Å². The number of ether oxygens (including phenoxy) is 1. The number of likely N-dealkylation sites (tertiary alicyclic amines) is 1. The molecular weight excluding hydrogens is 266 g/mol. The van der Waals surface area contributed by atoms with E-state index in [4.69, 9.17) is 4.74 Å². The van der Waals surface area contributed by atoms with E-state index in [1.54, 1.807) is 7.11 Å². The van der Waals surface area contributed by atoms with Crippen LogP contribution in [0.1, 0.15) is 44.9 Å². The van der Waals surface area contributed by atoms with Crippen molar-refractivity contribution in [1.82, 2.24) is 14.5 Å². The third-order valence-corrected chi connectivity index (χ3v) is 4.20. The molecule has 0 unspecified atom stereocenters. The van der Waals surface area contributed by atoms with Crippen LogP contribution in [0.2, 0.25) is 0 Å². The number of amides is 1. The number of nitrogens with zero attached hydrogens (tertiary/aromatic N) is 3. The molecule has 1 aromatic rings. The number of hydrogen-bond donors (Lipinski definition) is 0. The van der Waals surface area contributed by atoms with Gasteiger partial charge in [0.2, 0.25) is 5.91 Å². The van der Waals surface area contributed by atoms with Gasteiger partial charge in [0.15, 0.2) is 0 Å². The summed E-state index contributed by atoms with van der Waals surface area (Å²) in [6.45, 7) is 7.53. The first-order valence-electron chi connectivity index (χ1n) is 7.89. The van der Waals surface area contributed by atoms with Gasteiger partial charge in [-0.2, -0.15) is 0 Å². The van der Waals surface area contributed by atoms with E-state index in [0.717, 1.165) is 44.9 Å². The maximum Gasteiger partial charge on any atom is 0.224 e. The fourth-order valence-electron chi connectivity index (χ4n) is 2.97. The largest absolute Gasteiger partial charge is 0.384 e. The lowest BCUT2D eigenvalue weighted by Crippen LogP contribution is -2.39. The highest BCUT2D eigenvalue weighted by atomic mass is 16.5. The van der Waals surface area contributed by atoms with E-state index in [2.05, 4.69) is 23.4 Å². The first kappa shape index (κ1) is 16.0. The monoisotopic (exact) mass is 293 g/mol. The van der Waals surface area contributed by atoms with Gasteiger partial charge in [0.25, 0.3) is 0 Å². The van der Waals surface area contributed by atoms with Crippen molar-refractivity contribution in [3.63, 3.8) is 0 Å². The normalized spacial score (nSPS) is 16.7. The second-order valence-corrected chi connectivity index (χ2v) is 6.16. The smallest absolute Gasteiger partial charge is 0.224 e. The predicted octanol–water partition coefficient (Wildman–Crippen LogP) is 2.28. The molecule has 0 bridgehead atoms. The average molecular weight is 293 g/mol. The van der Waals surface area contributed by atoms with Gasteiger partial charge < -0.3 is 14.2 Å². The van der Waals surface area contributed by atoms with Crippen LogP contribution in [0.15, 0.2) is 12.4 Å². The molecule has 2 heterocycles. The Labute approximate surface area is 127 Å². The summed E-state index contributed by atoms with van der Waals surface area (Å²) >= 11 is 0. The van der Waals surface area contributed by atoms with Gasteiger partial charge in [0.1, 0.15) is 5.82 Å². The van der Waals surface area contributed by atoms with Crippen LogP contribution in [0.5, 0.6) is 0 Å². The molecule has 1 aromatic heterocycles. The Kier molecular flexibility index (Phi) is 5.79. The topological polar surface area (TPSA) is 47.4 Å². The van der Waals surface area contributed by atoms with Gasteiger partial charge in [-0.15, -0.1) is 0 Å². The van der Waals surface area contributed by atoms with Crippen LogP contribution in [0.4, 0.5) is 0 Å². The summed E-state index contributed by atoms with van der Waals surface area (Å²) in [4.78, 5) is 18.7. The van der Waals surface area contributed by atoms with Gasteiger partial charge in [-0.1, -0.05) is 13.8 Å². The van der Waals surface area contributed by atoms with E-state index >= 15 is 0 Å². The highest BCUT2D eigenvalue weighted by Gasteiger charge is 2.22. The zero-order valence-corrected chi connectivity index (χ0v) is 13.4. The maximum atomic E-state index is 12.3.